The van der Waals surface area contributed by atoms with Crippen molar-refractivity contribution in [3.05, 3.63) is 81.7 Å². The number of nitrogens with zero attached hydrogens (tertiary/aromatic N) is 3. The number of carbonyl (C=O) groups excluding carboxylic acids is 2. The van der Waals surface area contributed by atoms with Crippen LogP contribution in [0.2, 0.25) is 0 Å². The number of carbonyl (C=O) groups is 2. The number of aromatic nitrogens is 2. The first kappa shape index (κ1) is 19.3. The van der Waals surface area contributed by atoms with Crippen molar-refractivity contribution in [3.8, 4) is 5.69 Å². The quantitative estimate of drug-likeness (QED) is 0.482. The maximum Gasteiger partial charge on any atom is 0.269 e. The number of aryl methyl sites for hydroxylation is 1. The average molecular weight is 405 g/mol. The minimum absolute atomic E-state index is 0.0232. The van der Waals surface area contributed by atoms with Crippen LogP contribution in [0.15, 0.2) is 54.9 Å². The molecule has 2 amide bonds. The van der Waals surface area contributed by atoms with Gasteiger partial charge in [0, 0.05) is 35.6 Å². The zero-order chi connectivity index (χ0) is 21.3. The van der Waals surface area contributed by atoms with E-state index >= 15 is 0 Å². The van der Waals surface area contributed by atoms with Crippen molar-refractivity contribution in [2.45, 2.75) is 25.8 Å². The second kappa shape index (κ2) is 7.78. The third-order valence-corrected chi connectivity index (χ3v) is 4.83. The molecule has 0 spiro atoms. The molecule has 3 aromatic rings. The Morgan fingerprint density at radius 3 is 2.50 bits per heavy atom. The summed E-state index contributed by atoms with van der Waals surface area (Å²) in [5.74, 6) is -0.523. The summed E-state index contributed by atoms with van der Waals surface area (Å²) in [5, 5.41) is 20.7. The van der Waals surface area contributed by atoms with Gasteiger partial charge in [-0.15, -0.1) is 0 Å². The van der Waals surface area contributed by atoms with Gasteiger partial charge in [0.25, 0.3) is 17.5 Å². The van der Waals surface area contributed by atoms with Crippen molar-refractivity contribution in [1.82, 2.24) is 15.1 Å². The van der Waals surface area contributed by atoms with E-state index in [2.05, 4.69) is 15.7 Å². The lowest BCUT2D eigenvalue weighted by molar-refractivity contribution is -0.384. The van der Waals surface area contributed by atoms with Crippen LogP contribution >= 0.6 is 0 Å². The molecule has 1 aromatic heterocycles. The van der Waals surface area contributed by atoms with E-state index in [-0.39, 0.29) is 23.5 Å². The molecule has 0 aliphatic heterocycles. The van der Waals surface area contributed by atoms with Crippen molar-refractivity contribution >= 4 is 23.2 Å². The van der Waals surface area contributed by atoms with Gasteiger partial charge in [0.15, 0.2) is 0 Å². The Kier molecular flexibility index (Phi) is 5.01. The first-order valence-electron chi connectivity index (χ1n) is 9.43. The number of non-ortho nitro benzene ring substituents is 1. The molecule has 2 aromatic carbocycles. The van der Waals surface area contributed by atoms with Crippen molar-refractivity contribution in [3.63, 3.8) is 0 Å². The Morgan fingerprint density at radius 2 is 1.83 bits per heavy atom. The van der Waals surface area contributed by atoms with Gasteiger partial charge < -0.3 is 10.6 Å². The summed E-state index contributed by atoms with van der Waals surface area (Å²) in [6.07, 6.45) is 4.95. The van der Waals surface area contributed by atoms with Gasteiger partial charge in [-0.3, -0.25) is 19.7 Å². The van der Waals surface area contributed by atoms with E-state index in [1.165, 1.54) is 29.2 Å². The number of amides is 2. The molecule has 4 rings (SSSR count). The van der Waals surface area contributed by atoms with Gasteiger partial charge in [-0.2, -0.15) is 5.10 Å². The molecule has 152 valence electrons. The lowest BCUT2D eigenvalue weighted by atomic mass is 10.1. The van der Waals surface area contributed by atoms with Crippen LogP contribution in [0.4, 0.5) is 11.4 Å². The van der Waals surface area contributed by atoms with Gasteiger partial charge in [0.05, 0.1) is 22.4 Å². The SMILES string of the molecule is Cc1ccc(C(=O)NC2CC2)cc1NC(=O)c1cnn(-c2ccc([N+](=O)[O-])cc2)c1. The molecule has 1 aliphatic carbocycles. The van der Waals surface area contributed by atoms with E-state index in [1.54, 1.807) is 30.3 Å². The largest absolute Gasteiger partial charge is 0.349 e. The standard InChI is InChI=1S/C21H19N5O4/c1-13-2-3-14(20(27)23-16-4-5-16)10-19(13)24-21(28)15-11-22-25(12-15)17-6-8-18(9-7-17)26(29)30/h2-3,6-12,16H,4-5H2,1H3,(H,23,27)(H,24,28). The summed E-state index contributed by atoms with van der Waals surface area (Å²) >= 11 is 0. The molecule has 0 bridgehead atoms. The van der Waals surface area contributed by atoms with Gasteiger partial charge in [-0.25, -0.2) is 4.68 Å². The van der Waals surface area contributed by atoms with Crippen LogP contribution in [0, 0.1) is 17.0 Å². The third kappa shape index (κ3) is 4.19. The Labute approximate surface area is 171 Å². The normalized spacial score (nSPS) is 13.0. The number of nitro benzene ring substituents is 1. The highest BCUT2D eigenvalue weighted by molar-refractivity contribution is 6.05. The van der Waals surface area contributed by atoms with Crippen LogP contribution in [-0.4, -0.2) is 32.6 Å². The molecule has 30 heavy (non-hydrogen) atoms. The van der Waals surface area contributed by atoms with Crippen molar-refractivity contribution < 1.29 is 14.5 Å². The Bertz CT molecular complexity index is 1130. The van der Waals surface area contributed by atoms with Crippen LogP contribution in [0.5, 0.6) is 0 Å². The monoisotopic (exact) mass is 405 g/mol. The van der Waals surface area contributed by atoms with E-state index in [4.69, 9.17) is 0 Å². The summed E-state index contributed by atoms with van der Waals surface area (Å²) in [6.45, 7) is 1.85. The molecule has 1 heterocycles. The maximum atomic E-state index is 12.7. The number of rotatable bonds is 6. The Hall–Kier alpha value is -4.01. The van der Waals surface area contributed by atoms with E-state index in [9.17, 15) is 19.7 Å². The molecule has 2 N–H and O–H groups in total. The lowest BCUT2D eigenvalue weighted by Crippen LogP contribution is -2.25. The number of anilines is 1. The number of benzene rings is 2. The first-order chi connectivity index (χ1) is 14.4. The van der Waals surface area contributed by atoms with Gasteiger partial charge in [0.1, 0.15) is 0 Å². The van der Waals surface area contributed by atoms with Gasteiger partial charge >= 0.3 is 0 Å². The third-order valence-electron chi connectivity index (χ3n) is 4.83. The van der Waals surface area contributed by atoms with Crippen LogP contribution < -0.4 is 10.6 Å². The number of nitrogens with one attached hydrogen (secondary N) is 2. The minimum atomic E-state index is -0.479. The smallest absolute Gasteiger partial charge is 0.269 e. The second-order valence-corrected chi connectivity index (χ2v) is 7.18. The molecule has 0 atom stereocenters. The Morgan fingerprint density at radius 1 is 1.10 bits per heavy atom. The fourth-order valence-electron chi connectivity index (χ4n) is 2.90. The molecule has 9 nitrogen and oxygen atoms in total. The van der Waals surface area contributed by atoms with Crippen molar-refractivity contribution in [2.75, 3.05) is 5.32 Å². The summed E-state index contributed by atoms with van der Waals surface area (Å²) in [7, 11) is 0. The lowest BCUT2D eigenvalue weighted by Gasteiger charge is -2.10. The van der Waals surface area contributed by atoms with E-state index in [1.807, 2.05) is 6.92 Å². The van der Waals surface area contributed by atoms with Crippen LogP contribution in [0.1, 0.15) is 39.1 Å². The number of hydrogen-bond donors (Lipinski definition) is 2. The minimum Gasteiger partial charge on any atom is -0.349 e. The summed E-state index contributed by atoms with van der Waals surface area (Å²) in [6, 6.07) is 11.3. The predicted molar refractivity (Wildman–Crippen MR) is 110 cm³/mol. The number of hydrogen-bond acceptors (Lipinski definition) is 5. The second-order valence-electron chi connectivity index (χ2n) is 7.18. The molecule has 0 saturated heterocycles. The zero-order valence-corrected chi connectivity index (χ0v) is 16.2. The fourth-order valence-corrected chi connectivity index (χ4v) is 2.90. The predicted octanol–water partition coefficient (Wildman–Crippen LogP) is 3.23. The topological polar surface area (TPSA) is 119 Å². The van der Waals surface area contributed by atoms with Gasteiger partial charge in [-0.05, 0) is 49.6 Å². The zero-order valence-electron chi connectivity index (χ0n) is 16.2. The molecule has 0 radical (unpaired) electrons. The number of nitro groups is 1. The van der Waals surface area contributed by atoms with Crippen LogP contribution in [-0.2, 0) is 0 Å². The van der Waals surface area contributed by atoms with Gasteiger partial charge in [-0.1, -0.05) is 6.07 Å². The highest BCUT2D eigenvalue weighted by Crippen LogP contribution is 2.22. The van der Waals surface area contributed by atoms with E-state index in [0.29, 0.717) is 22.5 Å². The molecular weight excluding hydrogens is 386 g/mol. The molecule has 1 saturated carbocycles. The Balaban J connectivity index is 1.49. The van der Waals surface area contributed by atoms with E-state index in [0.717, 1.165) is 18.4 Å². The molecular formula is C21H19N5O4. The maximum absolute atomic E-state index is 12.7. The molecule has 1 fully saturated rings. The van der Waals surface area contributed by atoms with Gasteiger partial charge in [0.2, 0.25) is 0 Å². The van der Waals surface area contributed by atoms with Crippen molar-refractivity contribution in [2.24, 2.45) is 0 Å². The summed E-state index contributed by atoms with van der Waals surface area (Å²) in [5.41, 5.74) is 2.75. The molecule has 9 heteroatoms. The van der Waals surface area contributed by atoms with Crippen molar-refractivity contribution in [1.29, 1.82) is 0 Å². The first-order valence-corrected chi connectivity index (χ1v) is 9.43. The summed E-state index contributed by atoms with van der Waals surface area (Å²) in [4.78, 5) is 35.2. The average Bonchev–Trinajstić information content (AvgIpc) is 3.40. The summed E-state index contributed by atoms with van der Waals surface area (Å²) < 4.78 is 1.46. The van der Waals surface area contributed by atoms with Crippen LogP contribution in [0.25, 0.3) is 5.69 Å². The highest BCUT2D eigenvalue weighted by Gasteiger charge is 2.24. The molecule has 1 aliphatic rings. The molecule has 0 unspecified atom stereocenters. The van der Waals surface area contributed by atoms with Crippen LogP contribution in [0.3, 0.4) is 0 Å². The fraction of sp³-hybridized carbons (Fsp3) is 0.190. The van der Waals surface area contributed by atoms with E-state index < -0.39 is 4.92 Å². The highest BCUT2D eigenvalue weighted by atomic mass is 16.6.